The van der Waals surface area contributed by atoms with Gasteiger partial charge in [-0.25, -0.2) is 0 Å². The van der Waals surface area contributed by atoms with E-state index in [9.17, 15) is 0 Å². The standard InChI is InChI=1S/C38H24O/c1-23-10-8-11-24(22-23)25-15-9-16-27-26-12-2-5-17-30(26)38(37(25)27)31-18-6-3-13-28(31)35-32(38)20-21-34-36(35)29-14-4-7-19-33(29)39-34/h2-22H,1H3. The molecule has 2 aliphatic rings. The topological polar surface area (TPSA) is 13.1 Å². The summed E-state index contributed by atoms with van der Waals surface area (Å²) < 4.78 is 6.39. The molecule has 1 atom stereocenters. The van der Waals surface area contributed by atoms with Crippen LogP contribution in [0.1, 0.15) is 27.8 Å². The highest BCUT2D eigenvalue weighted by molar-refractivity contribution is 6.16. The molecule has 0 aliphatic heterocycles. The summed E-state index contributed by atoms with van der Waals surface area (Å²) in [4.78, 5) is 0. The van der Waals surface area contributed by atoms with E-state index in [0.29, 0.717) is 0 Å². The highest BCUT2D eigenvalue weighted by atomic mass is 16.3. The van der Waals surface area contributed by atoms with Crippen molar-refractivity contribution in [3.8, 4) is 33.4 Å². The van der Waals surface area contributed by atoms with E-state index < -0.39 is 5.41 Å². The number of hydrogen-bond donors (Lipinski definition) is 0. The van der Waals surface area contributed by atoms with Crippen LogP contribution in [0.5, 0.6) is 0 Å². The molecule has 1 heteroatoms. The molecule has 1 spiro atoms. The first kappa shape index (κ1) is 21.1. The van der Waals surface area contributed by atoms with E-state index in [1.54, 1.807) is 0 Å². The van der Waals surface area contributed by atoms with E-state index in [0.717, 1.165) is 11.2 Å². The van der Waals surface area contributed by atoms with Crippen LogP contribution in [0.4, 0.5) is 0 Å². The third-order valence-corrected chi connectivity index (χ3v) is 8.94. The van der Waals surface area contributed by atoms with Gasteiger partial charge in [-0.2, -0.15) is 0 Å². The number of hydrogen-bond acceptors (Lipinski definition) is 1. The normalized spacial score (nSPS) is 16.4. The highest BCUT2D eigenvalue weighted by Crippen LogP contribution is 2.65. The molecular formula is C38H24O. The summed E-state index contributed by atoms with van der Waals surface area (Å²) in [5.41, 5.74) is 16.0. The van der Waals surface area contributed by atoms with Gasteiger partial charge in [0, 0.05) is 10.8 Å². The minimum absolute atomic E-state index is 0.412. The smallest absolute Gasteiger partial charge is 0.136 e. The maximum atomic E-state index is 6.39. The Hall–Kier alpha value is -4.88. The zero-order chi connectivity index (χ0) is 25.7. The Morgan fingerprint density at radius 2 is 1.21 bits per heavy atom. The van der Waals surface area contributed by atoms with Crippen LogP contribution in [0.2, 0.25) is 0 Å². The number of para-hydroxylation sites is 1. The third kappa shape index (κ3) is 2.51. The van der Waals surface area contributed by atoms with Gasteiger partial charge >= 0.3 is 0 Å². The van der Waals surface area contributed by atoms with Crippen molar-refractivity contribution >= 4 is 21.9 Å². The average molecular weight is 497 g/mol. The largest absolute Gasteiger partial charge is 0.456 e. The van der Waals surface area contributed by atoms with E-state index in [-0.39, 0.29) is 0 Å². The molecule has 9 rings (SSSR count). The van der Waals surface area contributed by atoms with Crippen LogP contribution in [-0.4, -0.2) is 0 Å². The van der Waals surface area contributed by atoms with Crippen molar-refractivity contribution in [3.63, 3.8) is 0 Å². The van der Waals surface area contributed by atoms with Gasteiger partial charge in [-0.05, 0) is 74.7 Å². The fraction of sp³-hybridized carbons (Fsp3) is 0.0526. The van der Waals surface area contributed by atoms with Gasteiger partial charge in [-0.1, -0.05) is 121 Å². The number of benzene rings is 6. The Morgan fingerprint density at radius 1 is 0.513 bits per heavy atom. The summed E-state index contributed by atoms with van der Waals surface area (Å²) in [6.07, 6.45) is 0. The summed E-state index contributed by atoms with van der Waals surface area (Å²) in [5, 5.41) is 2.39. The van der Waals surface area contributed by atoms with Crippen molar-refractivity contribution in [2.75, 3.05) is 0 Å². The number of furan rings is 1. The second-order valence-corrected chi connectivity index (χ2v) is 10.9. The summed E-state index contributed by atoms with van der Waals surface area (Å²) in [6.45, 7) is 2.18. The van der Waals surface area contributed by atoms with Crippen molar-refractivity contribution in [2.24, 2.45) is 0 Å². The van der Waals surface area contributed by atoms with Crippen LogP contribution in [0.25, 0.3) is 55.3 Å². The van der Waals surface area contributed by atoms with Gasteiger partial charge in [0.25, 0.3) is 0 Å². The summed E-state index contributed by atoms with van der Waals surface area (Å²) in [6, 6.07) is 46.8. The quantitative estimate of drug-likeness (QED) is 0.220. The molecule has 7 aromatic rings. The molecule has 6 aromatic carbocycles. The van der Waals surface area contributed by atoms with Gasteiger partial charge in [0.1, 0.15) is 11.2 Å². The molecule has 0 saturated carbocycles. The lowest BCUT2D eigenvalue weighted by Gasteiger charge is -2.32. The third-order valence-electron chi connectivity index (χ3n) is 8.94. The second-order valence-electron chi connectivity index (χ2n) is 10.9. The zero-order valence-corrected chi connectivity index (χ0v) is 21.5. The predicted molar refractivity (Wildman–Crippen MR) is 160 cm³/mol. The van der Waals surface area contributed by atoms with Gasteiger partial charge in [0.15, 0.2) is 0 Å². The Labute approximate surface area is 227 Å². The summed E-state index contributed by atoms with van der Waals surface area (Å²) in [7, 11) is 0. The zero-order valence-electron chi connectivity index (χ0n) is 21.5. The van der Waals surface area contributed by atoms with Crippen molar-refractivity contribution in [1.82, 2.24) is 0 Å². The molecule has 1 nitrogen and oxygen atoms in total. The monoisotopic (exact) mass is 496 g/mol. The Morgan fingerprint density at radius 3 is 2.08 bits per heavy atom. The first-order chi connectivity index (χ1) is 19.3. The SMILES string of the molecule is Cc1cccc(-c2cccc3c2C2(c4ccccc4-3)c3ccccc3-c3c2ccc2oc4ccccc4c32)c1. The molecule has 0 saturated heterocycles. The summed E-state index contributed by atoms with van der Waals surface area (Å²) in [5.74, 6) is 0. The fourth-order valence-corrected chi connectivity index (χ4v) is 7.56. The van der Waals surface area contributed by atoms with Crippen LogP contribution in [-0.2, 0) is 5.41 Å². The fourth-order valence-electron chi connectivity index (χ4n) is 7.56. The number of aryl methyl sites for hydroxylation is 1. The molecule has 182 valence electrons. The first-order valence-electron chi connectivity index (χ1n) is 13.6. The molecular weight excluding hydrogens is 472 g/mol. The van der Waals surface area contributed by atoms with E-state index >= 15 is 0 Å². The van der Waals surface area contributed by atoms with Crippen LogP contribution >= 0.6 is 0 Å². The Balaban J connectivity index is 1.52. The lowest BCUT2D eigenvalue weighted by Crippen LogP contribution is -2.26. The maximum Gasteiger partial charge on any atom is 0.136 e. The lowest BCUT2D eigenvalue weighted by molar-refractivity contribution is 0.668. The highest BCUT2D eigenvalue weighted by Gasteiger charge is 2.53. The first-order valence-corrected chi connectivity index (χ1v) is 13.6. The van der Waals surface area contributed by atoms with Gasteiger partial charge in [0.2, 0.25) is 0 Å². The van der Waals surface area contributed by atoms with Crippen LogP contribution < -0.4 is 0 Å². The average Bonchev–Trinajstić information content (AvgIpc) is 3.61. The second kappa shape index (κ2) is 7.36. The Kier molecular flexibility index (Phi) is 3.98. The van der Waals surface area contributed by atoms with Gasteiger partial charge in [-0.3, -0.25) is 0 Å². The molecule has 1 aromatic heterocycles. The molecule has 0 N–H and O–H groups in total. The van der Waals surface area contributed by atoms with E-state index in [4.69, 9.17) is 4.42 Å². The Bertz CT molecular complexity index is 2140. The van der Waals surface area contributed by atoms with Crippen LogP contribution in [0.15, 0.2) is 132 Å². The molecule has 0 radical (unpaired) electrons. The van der Waals surface area contributed by atoms with Crippen molar-refractivity contribution in [2.45, 2.75) is 12.3 Å². The van der Waals surface area contributed by atoms with Gasteiger partial charge < -0.3 is 4.42 Å². The minimum Gasteiger partial charge on any atom is -0.456 e. The van der Waals surface area contributed by atoms with Crippen LogP contribution in [0, 0.1) is 6.92 Å². The predicted octanol–water partition coefficient (Wildman–Crippen LogP) is 9.90. The van der Waals surface area contributed by atoms with E-state index in [1.807, 2.05) is 0 Å². The molecule has 1 heterocycles. The molecule has 2 aliphatic carbocycles. The molecule has 0 amide bonds. The number of rotatable bonds is 1. The molecule has 0 bridgehead atoms. The lowest BCUT2D eigenvalue weighted by atomic mass is 9.68. The van der Waals surface area contributed by atoms with Crippen molar-refractivity contribution in [1.29, 1.82) is 0 Å². The van der Waals surface area contributed by atoms with Gasteiger partial charge in [-0.15, -0.1) is 0 Å². The number of fused-ring (bicyclic) bond motifs is 14. The maximum absolute atomic E-state index is 6.39. The van der Waals surface area contributed by atoms with Crippen LogP contribution in [0.3, 0.4) is 0 Å². The van der Waals surface area contributed by atoms with E-state index in [1.165, 1.54) is 72.0 Å². The minimum atomic E-state index is -0.412. The molecule has 1 unspecified atom stereocenters. The molecule has 0 fully saturated rings. The van der Waals surface area contributed by atoms with E-state index in [2.05, 4.69) is 134 Å². The molecule has 39 heavy (non-hydrogen) atoms. The van der Waals surface area contributed by atoms with Crippen molar-refractivity contribution in [3.05, 3.63) is 155 Å². The van der Waals surface area contributed by atoms with Crippen molar-refractivity contribution < 1.29 is 4.42 Å². The van der Waals surface area contributed by atoms with Gasteiger partial charge in [0.05, 0.1) is 5.41 Å². The summed E-state index contributed by atoms with van der Waals surface area (Å²) >= 11 is 0.